The predicted octanol–water partition coefficient (Wildman–Crippen LogP) is 6.44. The molecule has 0 spiro atoms. The molecule has 0 aliphatic carbocycles. The lowest BCUT2D eigenvalue weighted by Gasteiger charge is -2.28. The topological polar surface area (TPSA) is 152 Å². The Morgan fingerprint density at radius 3 is 2.23 bits per heavy atom. The van der Waals surface area contributed by atoms with Crippen molar-refractivity contribution in [3.63, 3.8) is 0 Å². The first kappa shape index (κ1) is 38.8. The summed E-state index contributed by atoms with van der Waals surface area (Å²) in [6.45, 7) is 2.57. The maximum absolute atomic E-state index is 12.7. The van der Waals surface area contributed by atoms with Gasteiger partial charge in [-0.2, -0.15) is 0 Å². The molecule has 262 valence electrons. The van der Waals surface area contributed by atoms with Crippen LogP contribution in [-0.2, 0) is 18.6 Å². The molecular formula is C35H51N6O6P. The summed E-state index contributed by atoms with van der Waals surface area (Å²) >= 11 is 0. The first-order valence-electron chi connectivity index (χ1n) is 16.7. The van der Waals surface area contributed by atoms with Crippen molar-refractivity contribution in [2.24, 2.45) is 0 Å². The first-order chi connectivity index (χ1) is 23.4. The van der Waals surface area contributed by atoms with E-state index in [2.05, 4.69) is 88.0 Å². The molecule has 0 bridgehead atoms. The van der Waals surface area contributed by atoms with Gasteiger partial charge in [0.25, 0.3) is 5.56 Å². The van der Waals surface area contributed by atoms with Gasteiger partial charge in [-0.15, -0.1) is 0 Å². The van der Waals surface area contributed by atoms with Crippen molar-refractivity contribution >= 4 is 24.8 Å². The maximum atomic E-state index is 12.7. The highest BCUT2D eigenvalue weighted by molar-refractivity contribution is 7.50. The number of aromatic amines is 1. The van der Waals surface area contributed by atoms with Gasteiger partial charge in [0.15, 0.2) is 11.2 Å². The highest BCUT2D eigenvalue weighted by Gasteiger charge is 2.35. The van der Waals surface area contributed by atoms with Crippen molar-refractivity contribution in [1.82, 2.24) is 29.5 Å². The number of carbonyl (C=O) groups is 1. The van der Waals surface area contributed by atoms with Gasteiger partial charge in [-0.05, 0) is 57.8 Å². The maximum Gasteiger partial charge on any atom is 0.405 e. The molecule has 13 heteroatoms. The Balaban J connectivity index is 1.28. The van der Waals surface area contributed by atoms with E-state index in [1.807, 2.05) is 12.2 Å². The molecule has 1 unspecified atom stereocenters. The lowest BCUT2D eigenvalue weighted by Crippen LogP contribution is -2.37. The predicted molar refractivity (Wildman–Crippen MR) is 190 cm³/mol. The van der Waals surface area contributed by atoms with E-state index in [1.54, 1.807) is 4.57 Å². The van der Waals surface area contributed by atoms with E-state index in [4.69, 9.17) is 9.26 Å². The molecule has 1 aliphatic heterocycles. The van der Waals surface area contributed by atoms with Gasteiger partial charge in [-0.25, -0.2) is 19.2 Å². The van der Waals surface area contributed by atoms with E-state index >= 15 is 0 Å². The largest absolute Gasteiger partial charge is 0.405 e. The Morgan fingerprint density at radius 1 is 1.02 bits per heavy atom. The van der Waals surface area contributed by atoms with Gasteiger partial charge >= 0.3 is 7.75 Å². The molecule has 0 saturated carbocycles. The molecule has 3 rings (SSSR count). The lowest BCUT2D eigenvalue weighted by molar-refractivity contribution is -0.121. The molecule has 3 N–H and O–H groups in total. The van der Waals surface area contributed by atoms with Crippen molar-refractivity contribution in [2.75, 3.05) is 26.7 Å². The van der Waals surface area contributed by atoms with E-state index < -0.39 is 14.0 Å². The average Bonchev–Trinajstić information content (AvgIpc) is 3.73. The second-order valence-electron chi connectivity index (χ2n) is 11.2. The number of hydrogen-bond donors (Lipinski definition) is 3. The van der Waals surface area contributed by atoms with Crippen LogP contribution in [0.4, 0.5) is 0 Å². The molecular weight excluding hydrogens is 631 g/mol. The van der Waals surface area contributed by atoms with Gasteiger partial charge in [-0.3, -0.25) is 14.2 Å². The molecule has 1 amide bonds. The summed E-state index contributed by atoms with van der Waals surface area (Å²) in [4.78, 5) is 45.6. The third-order valence-corrected chi connectivity index (χ3v) is 9.15. The van der Waals surface area contributed by atoms with Crippen LogP contribution in [0.25, 0.3) is 11.2 Å². The Kier molecular flexibility index (Phi) is 17.8. The van der Waals surface area contributed by atoms with Crippen LogP contribution in [0.2, 0.25) is 0 Å². The fourth-order valence-corrected chi connectivity index (χ4v) is 6.01. The van der Waals surface area contributed by atoms with Gasteiger partial charge in [-0.1, -0.05) is 79.8 Å². The quantitative estimate of drug-likeness (QED) is 0.0941. The molecule has 3 heterocycles. The Labute approximate surface area is 283 Å². The summed E-state index contributed by atoms with van der Waals surface area (Å²) in [7, 11) is -2.90. The fraction of sp³-hybridized carbons (Fsp3) is 0.486. The average molecular weight is 683 g/mol. The summed E-state index contributed by atoms with van der Waals surface area (Å²) < 4.78 is 26.8. The van der Waals surface area contributed by atoms with Gasteiger partial charge in [0, 0.05) is 33.2 Å². The van der Waals surface area contributed by atoms with Crippen LogP contribution in [0.5, 0.6) is 0 Å². The van der Waals surface area contributed by atoms with Crippen LogP contribution in [0, 0.1) is 0 Å². The van der Waals surface area contributed by atoms with Crippen LogP contribution in [0.15, 0.2) is 90.4 Å². The van der Waals surface area contributed by atoms with E-state index in [0.717, 1.165) is 38.5 Å². The summed E-state index contributed by atoms with van der Waals surface area (Å²) in [5.41, 5.74) is 0.305. The third-order valence-electron chi connectivity index (χ3n) is 7.60. The minimum absolute atomic E-state index is 0.114. The molecule has 3 atom stereocenters. The highest BCUT2D eigenvalue weighted by Crippen LogP contribution is 2.46. The number of H-pyrrole nitrogens is 1. The van der Waals surface area contributed by atoms with Crippen LogP contribution in [-0.4, -0.2) is 67.8 Å². The zero-order valence-corrected chi connectivity index (χ0v) is 29.0. The Morgan fingerprint density at radius 2 is 1.62 bits per heavy atom. The minimum atomic E-state index is -4.08. The van der Waals surface area contributed by atoms with Crippen molar-refractivity contribution in [3.8, 4) is 0 Å². The number of amides is 1. The molecule has 0 radical (unpaired) electrons. The van der Waals surface area contributed by atoms with E-state index in [9.17, 15) is 19.0 Å². The normalized spacial score (nSPS) is 18.8. The second kappa shape index (κ2) is 22.1. The number of allylic oxidation sites excluding steroid dienone is 12. The molecule has 2 aromatic heterocycles. The standard InChI is InChI=1S/C35H51N6O6P/c1-3-4-5-6-7-8-9-10-11-12-13-14-15-16-17-18-19-20-21-22-31(42)36-25-26-40(48(44,45)46-2)27-30-23-24-32(47-30)41-29-39-33-34(41)37-28-38-35(33)43/h4-5,7-8,10-11,13-14,16-17,19-20,28-30,32H,3,6,9,12,15,18,21-27H2,1-2H3,(H,36,42)(H,44,45)(H,37,38,43)/b5-4-,8-7-,11-10-,14-13-,17-16-,20-19-/t30-,32+/m0/s1. The van der Waals surface area contributed by atoms with Crippen molar-refractivity contribution in [2.45, 2.75) is 83.5 Å². The van der Waals surface area contributed by atoms with Gasteiger partial charge in [0.2, 0.25) is 5.91 Å². The van der Waals surface area contributed by atoms with Gasteiger partial charge < -0.3 is 24.5 Å². The van der Waals surface area contributed by atoms with Crippen molar-refractivity contribution in [3.05, 3.63) is 95.9 Å². The lowest BCUT2D eigenvalue weighted by atomic mass is 10.2. The summed E-state index contributed by atoms with van der Waals surface area (Å²) in [6, 6.07) is 0. The molecule has 1 saturated heterocycles. The van der Waals surface area contributed by atoms with Crippen molar-refractivity contribution < 1.29 is 23.5 Å². The number of imidazole rings is 1. The first-order valence-corrected chi connectivity index (χ1v) is 18.2. The number of nitrogens with zero attached hydrogens (tertiary/aromatic N) is 4. The molecule has 1 aliphatic rings. The highest BCUT2D eigenvalue weighted by atomic mass is 31.2. The minimum Gasteiger partial charge on any atom is -0.355 e. The zero-order valence-electron chi connectivity index (χ0n) is 28.2. The summed E-state index contributed by atoms with van der Waals surface area (Å²) in [6.07, 6.45) is 35.6. The Hall–Kier alpha value is -3.67. The van der Waals surface area contributed by atoms with Crippen LogP contribution >= 0.6 is 7.75 Å². The number of carbonyl (C=O) groups excluding carboxylic acids is 1. The third kappa shape index (κ3) is 13.8. The molecule has 1 fully saturated rings. The van der Waals surface area contributed by atoms with Crippen LogP contribution in [0.3, 0.4) is 0 Å². The number of rotatable bonds is 22. The molecule has 12 nitrogen and oxygen atoms in total. The van der Waals surface area contributed by atoms with Crippen LogP contribution < -0.4 is 10.9 Å². The van der Waals surface area contributed by atoms with E-state index in [-0.39, 0.29) is 42.7 Å². The smallest absolute Gasteiger partial charge is 0.355 e. The number of fused-ring (bicyclic) bond motifs is 1. The molecule has 0 aromatic carbocycles. The van der Waals surface area contributed by atoms with Crippen LogP contribution in [0.1, 0.15) is 77.4 Å². The molecule has 2 aromatic rings. The number of ether oxygens (including phenoxy) is 1. The van der Waals surface area contributed by atoms with E-state index in [0.29, 0.717) is 31.3 Å². The van der Waals surface area contributed by atoms with E-state index in [1.165, 1.54) is 24.4 Å². The zero-order chi connectivity index (χ0) is 34.5. The fourth-order valence-electron chi connectivity index (χ4n) is 5.04. The van der Waals surface area contributed by atoms with Gasteiger partial charge in [0.05, 0.1) is 18.8 Å². The number of hydrogen-bond acceptors (Lipinski definition) is 7. The van der Waals surface area contributed by atoms with Crippen molar-refractivity contribution in [1.29, 1.82) is 0 Å². The Bertz CT molecular complexity index is 1540. The molecule has 48 heavy (non-hydrogen) atoms. The number of nitrogens with one attached hydrogen (secondary N) is 2. The SMILES string of the molecule is CC/C=C\C/C=C\C/C=C\C/C=C\C/C=C\C/C=C\CCC(=O)NCCN(C[C@@H]1CC[C@H](n2cnc3c(=O)[nH]cnc32)O1)P(=O)(O)OC. The summed E-state index contributed by atoms with van der Waals surface area (Å²) in [5, 5.41) is 2.82. The monoisotopic (exact) mass is 682 g/mol. The second-order valence-corrected chi connectivity index (χ2v) is 13.1. The summed E-state index contributed by atoms with van der Waals surface area (Å²) in [5.74, 6) is -0.133. The number of aromatic nitrogens is 4. The van der Waals surface area contributed by atoms with Gasteiger partial charge in [0.1, 0.15) is 6.23 Å².